The maximum atomic E-state index is 5.44. The molecule has 0 N–H and O–H groups in total. The van der Waals surface area contributed by atoms with Crippen LogP contribution in [0.2, 0.25) is 0 Å². The van der Waals surface area contributed by atoms with Crippen LogP contribution in [0.25, 0.3) is 0 Å². The van der Waals surface area contributed by atoms with Gasteiger partial charge < -0.3 is 12.4 Å². The van der Waals surface area contributed by atoms with Crippen LogP contribution in [0, 0.1) is 11.7 Å². The van der Waals surface area contributed by atoms with E-state index in [9.17, 15) is 0 Å². The maximum Gasteiger partial charge on any atom is 0.350 e. The van der Waals surface area contributed by atoms with Crippen LogP contribution in [0.15, 0.2) is 12.3 Å². The van der Waals surface area contributed by atoms with Gasteiger partial charge in [-0.05, 0) is 19.8 Å². The van der Waals surface area contributed by atoms with E-state index >= 15 is 0 Å². The first-order valence-electron chi connectivity index (χ1n) is 5.30. The summed E-state index contributed by atoms with van der Waals surface area (Å²) in [6, 6.07) is 2.14. The van der Waals surface area contributed by atoms with Crippen LogP contribution in [-0.2, 0) is 13.1 Å². The van der Waals surface area contributed by atoms with Crippen LogP contribution in [-0.4, -0.2) is 4.57 Å². The fraction of sp³-hybridized carbons (Fsp3) is 0.636. The van der Waals surface area contributed by atoms with Gasteiger partial charge in [0.05, 0.1) is 19.3 Å². The number of hydrogen-bond acceptors (Lipinski definition) is 1. The van der Waals surface area contributed by atoms with Crippen LogP contribution < -0.4 is 17.0 Å². The van der Waals surface area contributed by atoms with Crippen molar-refractivity contribution in [2.45, 2.75) is 46.7 Å². The maximum absolute atomic E-state index is 5.44. The zero-order chi connectivity index (χ0) is 10.6. The van der Waals surface area contributed by atoms with Crippen molar-refractivity contribution < 1.29 is 17.0 Å². The van der Waals surface area contributed by atoms with E-state index in [0.29, 0.717) is 0 Å². The van der Waals surface area contributed by atoms with E-state index in [1.165, 1.54) is 5.69 Å². The molecule has 1 aromatic rings. The predicted molar refractivity (Wildman–Crippen MR) is 60.8 cm³/mol. The van der Waals surface area contributed by atoms with Gasteiger partial charge in [-0.2, -0.15) is 0 Å². The van der Waals surface area contributed by atoms with E-state index in [2.05, 4.69) is 42.2 Å². The average molecular weight is 247 g/mol. The molecule has 0 aromatic carbocycles. The molecule has 86 valence electrons. The second-order valence-electron chi connectivity index (χ2n) is 3.58. The van der Waals surface area contributed by atoms with Gasteiger partial charge in [0.15, 0.2) is 0 Å². The van der Waals surface area contributed by atoms with Crippen molar-refractivity contribution in [2.24, 2.45) is 0 Å². The van der Waals surface area contributed by atoms with Crippen LogP contribution >= 0.6 is 12.2 Å². The zero-order valence-electron chi connectivity index (χ0n) is 9.66. The van der Waals surface area contributed by atoms with Crippen LogP contribution in [0.3, 0.4) is 0 Å². The van der Waals surface area contributed by atoms with E-state index in [4.69, 9.17) is 12.2 Å². The fourth-order valence-electron chi connectivity index (χ4n) is 1.56. The third kappa shape index (κ3) is 3.58. The molecule has 0 spiro atoms. The Morgan fingerprint density at radius 1 is 1.33 bits per heavy atom. The lowest BCUT2D eigenvalue weighted by molar-refractivity contribution is -0.713. The minimum absolute atomic E-state index is 0. The molecule has 0 aliphatic rings. The molecule has 1 aromatic heterocycles. The Bertz CT molecular complexity index is 360. The highest BCUT2D eigenvalue weighted by molar-refractivity contribution is 7.71. The number of aromatic nitrogens is 2. The highest BCUT2D eigenvalue weighted by atomic mass is 35.5. The van der Waals surface area contributed by atoms with E-state index in [0.717, 1.165) is 30.7 Å². The Kier molecular flexibility index (Phi) is 6.77. The zero-order valence-corrected chi connectivity index (χ0v) is 11.2. The Morgan fingerprint density at radius 3 is 2.53 bits per heavy atom. The monoisotopic (exact) mass is 246 g/mol. The Labute approximate surface area is 103 Å². The van der Waals surface area contributed by atoms with Gasteiger partial charge in [-0.15, -0.1) is 0 Å². The van der Waals surface area contributed by atoms with E-state index in [1.807, 2.05) is 0 Å². The molecule has 0 radical (unpaired) electrons. The molecule has 0 atom stereocenters. The van der Waals surface area contributed by atoms with Gasteiger partial charge in [-0.1, -0.05) is 13.8 Å². The highest BCUT2D eigenvalue weighted by Gasteiger charge is 2.08. The molecular weight excluding hydrogens is 228 g/mol. The standard InChI is InChI=1S/C11H19N2S.ClH/c1-4-7-12-9-6-10(3)13(8-5-2)11(12)14;/h6,9H,4-5,7-8H2,1-3H3;1H/q+1;/p-1. The van der Waals surface area contributed by atoms with Crippen molar-refractivity contribution >= 4 is 12.2 Å². The summed E-state index contributed by atoms with van der Waals surface area (Å²) in [6.07, 6.45) is 4.35. The lowest BCUT2D eigenvalue weighted by Crippen LogP contribution is -3.00. The first kappa shape index (κ1) is 14.6. The topological polar surface area (TPSA) is 8.81 Å². The molecule has 15 heavy (non-hydrogen) atoms. The summed E-state index contributed by atoms with van der Waals surface area (Å²) in [6.45, 7) is 8.50. The Balaban J connectivity index is 0.00000196. The predicted octanol–water partition coefficient (Wildman–Crippen LogP) is -0.362. The molecule has 0 amide bonds. The first-order chi connectivity index (χ1) is 6.70. The summed E-state index contributed by atoms with van der Waals surface area (Å²) in [5, 5.41) is 0. The number of hydrogen-bond donors (Lipinski definition) is 0. The number of halogens is 1. The number of rotatable bonds is 4. The summed E-state index contributed by atoms with van der Waals surface area (Å²) in [4.78, 5) is 0. The smallest absolute Gasteiger partial charge is 0.350 e. The summed E-state index contributed by atoms with van der Waals surface area (Å²) in [5.74, 6) is 0. The van der Waals surface area contributed by atoms with Gasteiger partial charge >= 0.3 is 4.77 Å². The third-order valence-corrected chi connectivity index (χ3v) is 2.76. The van der Waals surface area contributed by atoms with Crippen molar-refractivity contribution in [1.82, 2.24) is 4.57 Å². The SMILES string of the molecule is CCCn1ccc(C)[n+](CCC)c1=S.[Cl-]. The summed E-state index contributed by atoms with van der Waals surface area (Å²) < 4.78 is 5.32. The van der Waals surface area contributed by atoms with E-state index in [-0.39, 0.29) is 12.4 Å². The summed E-state index contributed by atoms with van der Waals surface area (Å²) in [5.41, 5.74) is 1.25. The summed E-state index contributed by atoms with van der Waals surface area (Å²) >= 11 is 5.44. The van der Waals surface area contributed by atoms with Crippen LogP contribution in [0.4, 0.5) is 0 Å². The number of aryl methyl sites for hydroxylation is 2. The lowest BCUT2D eigenvalue weighted by atomic mass is 10.4. The molecule has 2 nitrogen and oxygen atoms in total. The molecule has 0 saturated heterocycles. The van der Waals surface area contributed by atoms with E-state index in [1.54, 1.807) is 0 Å². The average Bonchev–Trinajstić information content (AvgIpc) is 2.17. The molecule has 0 bridgehead atoms. The van der Waals surface area contributed by atoms with Gasteiger partial charge in [0, 0.05) is 18.3 Å². The Hall–Kier alpha value is -0.410. The second-order valence-corrected chi connectivity index (χ2v) is 3.95. The second kappa shape index (κ2) is 6.96. The van der Waals surface area contributed by atoms with Gasteiger partial charge in [0.1, 0.15) is 5.69 Å². The molecule has 0 saturated carbocycles. The molecule has 4 heteroatoms. The molecule has 1 rings (SSSR count). The van der Waals surface area contributed by atoms with Crippen molar-refractivity contribution in [3.05, 3.63) is 22.7 Å². The normalized spacial score (nSPS) is 9.80. The first-order valence-corrected chi connectivity index (χ1v) is 5.71. The molecule has 1 heterocycles. The van der Waals surface area contributed by atoms with Gasteiger partial charge in [-0.3, -0.25) is 0 Å². The molecular formula is C11H19ClN2S. The quantitative estimate of drug-likeness (QED) is 0.521. The summed E-state index contributed by atoms with van der Waals surface area (Å²) in [7, 11) is 0. The van der Waals surface area contributed by atoms with Crippen molar-refractivity contribution in [2.75, 3.05) is 0 Å². The van der Waals surface area contributed by atoms with Gasteiger partial charge in [-0.25, -0.2) is 9.13 Å². The Morgan fingerprint density at radius 2 is 2.00 bits per heavy atom. The largest absolute Gasteiger partial charge is 1.00 e. The molecule has 0 aliphatic heterocycles. The molecule has 0 aliphatic carbocycles. The fourth-order valence-corrected chi connectivity index (χ4v) is 1.95. The van der Waals surface area contributed by atoms with Crippen molar-refractivity contribution in [3.8, 4) is 0 Å². The van der Waals surface area contributed by atoms with Crippen LogP contribution in [0.1, 0.15) is 32.4 Å². The van der Waals surface area contributed by atoms with Gasteiger partial charge in [0.25, 0.3) is 0 Å². The lowest BCUT2D eigenvalue weighted by Gasteiger charge is -2.05. The third-order valence-electron chi connectivity index (χ3n) is 2.31. The highest BCUT2D eigenvalue weighted by Crippen LogP contribution is 1.96. The van der Waals surface area contributed by atoms with Crippen molar-refractivity contribution in [1.29, 1.82) is 0 Å². The number of nitrogens with zero attached hydrogens (tertiary/aromatic N) is 2. The van der Waals surface area contributed by atoms with Crippen molar-refractivity contribution in [3.63, 3.8) is 0 Å². The van der Waals surface area contributed by atoms with Gasteiger partial charge in [0.2, 0.25) is 0 Å². The van der Waals surface area contributed by atoms with E-state index < -0.39 is 0 Å². The molecule has 0 fully saturated rings. The minimum Gasteiger partial charge on any atom is -1.00 e. The minimum atomic E-state index is 0. The molecule has 0 unspecified atom stereocenters. The van der Waals surface area contributed by atoms with Crippen LogP contribution in [0.5, 0.6) is 0 Å².